The second kappa shape index (κ2) is 7.64. The molecule has 0 aliphatic carbocycles. The van der Waals surface area contributed by atoms with Crippen LogP contribution in [0.25, 0.3) is 5.65 Å². The lowest BCUT2D eigenvalue weighted by molar-refractivity contribution is -0.117. The van der Waals surface area contributed by atoms with E-state index in [2.05, 4.69) is 10.4 Å². The van der Waals surface area contributed by atoms with Crippen LogP contribution in [-0.4, -0.2) is 32.7 Å². The first-order chi connectivity index (χ1) is 12.6. The number of esters is 1. The van der Waals surface area contributed by atoms with Gasteiger partial charge in [0, 0.05) is 11.9 Å². The molecule has 0 saturated carbocycles. The molecule has 1 N–H and O–H groups in total. The molecule has 3 rings (SSSR count). The Balaban J connectivity index is 1.65. The zero-order valence-electron chi connectivity index (χ0n) is 14.2. The summed E-state index contributed by atoms with van der Waals surface area (Å²) in [6, 6.07) is 11.5. The summed E-state index contributed by atoms with van der Waals surface area (Å²) >= 11 is 0. The number of anilines is 1. The van der Waals surface area contributed by atoms with Gasteiger partial charge in [0.25, 0.3) is 0 Å². The van der Waals surface area contributed by atoms with Gasteiger partial charge in [-0.05, 0) is 42.8 Å². The molecular formula is C18H18N4O4. The molecule has 3 aromatic rings. The summed E-state index contributed by atoms with van der Waals surface area (Å²) in [7, 11) is 0. The van der Waals surface area contributed by atoms with E-state index in [0.717, 1.165) is 11.1 Å². The molecule has 134 valence electrons. The number of ether oxygens (including phenoxy) is 1. The molecule has 0 spiro atoms. The summed E-state index contributed by atoms with van der Waals surface area (Å²) in [5, 5.41) is 6.78. The lowest BCUT2D eigenvalue weighted by atomic mass is 10.2. The van der Waals surface area contributed by atoms with Crippen molar-refractivity contribution < 1.29 is 14.3 Å². The van der Waals surface area contributed by atoms with Crippen molar-refractivity contribution in [2.24, 2.45) is 0 Å². The fourth-order valence-corrected chi connectivity index (χ4v) is 2.38. The number of carbonyl (C=O) groups is 2. The third kappa shape index (κ3) is 3.80. The molecule has 2 heterocycles. The van der Waals surface area contributed by atoms with Crippen LogP contribution >= 0.6 is 0 Å². The number of amides is 1. The van der Waals surface area contributed by atoms with Gasteiger partial charge in [0.15, 0.2) is 5.65 Å². The smallest absolute Gasteiger partial charge is 0.350 e. The summed E-state index contributed by atoms with van der Waals surface area (Å²) in [4.78, 5) is 36.1. The van der Waals surface area contributed by atoms with E-state index in [-0.39, 0.29) is 12.2 Å². The number of hydrogen-bond donors (Lipinski definition) is 1. The summed E-state index contributed by atoms with van der Waals surface area (Å²) in [6.07, 6.45) is 2.34. The molecule has 1 amide bonds. The maximum atomic E-state index is 12.2. The zero-order valence-corrected chi connectivity index (χ0v) is 14.2. The summed E-state index contributed by atoms with van der Waals surface area (Å²) in [5.74, 6) is -0.794. The molecule has 1 aromatic carbocycles. The van der Waals surface area contributed by atoms with E-state index in [4.69, 9.17) is 4.74 Å². The van der Waals surface area contributed by atoms with E-state index in [0.29, 0.717) is 23.5 Å². The highest BCUT2D eigenvalue weighted by atomic mass is 16.5. The second-order valence-corrected chi connectivity index (χ2v) is 5.63. The zero-order chi connectivity index (χ0) is 18.5. The van der Waals surface area contributed by atoms with E-state index in [1.165, 1.54) is 4.40 Å². The van der Waals surface area contributed by atoms with Crippen molar-refractivity contribution in [3.63, 3.8) is 0 Å². The van der Waals surface area contributed by atoms with E-state index < -0.39 is 11.9 Å². The Morgan fingerprint density at radius 1 is 1.15 bits per heavy atom. The van der Waals surface area contributed by atoms with Crippen molar-refractivity contribution in [3.05, 3.63) is 64.7 Å². The monoisotopic (exact) mass is 354 g/mol. The Hall–Kier alpha value is -3.42. The van der Waals surface area contributed by atoms with Gasteiger partial charge >= 0.3 is 11.7 Å². The number of nitrogens with one attached hydrogen (secondary N) is 1. The molecule has 0 unspecified atom stereocenters. The van der Waals surface area contributed by atoms with Crippen molar-refractivity contribution >= 4 is 23.2 Å². The second-order valence-electron chi connectivity index (χ2n) is 5.63. The van der Waals surface area contributed by atoms with E-state index in [1.54, 1.807) is 48.7 Å². The Bertz CT molecular complexity index is 988. The molecule has 0 atom stereocenters. The molecule has 8 nitrogen and oxygen atoms in total. The van der Waals surface area contributed by atoms with Gasteiger partial charge in [0.1, 0.15) is 6.54 Å². The number of pyridine rings is 1. The predicted molar refractivity (Wildman–Crippen MR) is 95.1 cm³/mol. The van der Waals surface area contributed by atoms with Crippen molar-refractivity contribution in [3.8, 4) is 0 Å². The number of carbonyl (C=O) groups excluding carboxylic acids is 2. The molecule has 8 heteroatoms. The van der Waals surface area contributed by atoms with Crippen molar-refractivity contribution in [2.45, 2.75) is 19.9 Å². The number of aromatic nitrogens is 3. The highest BCUT2D eigenvalue weighted by Gasteiger charge is 2.11. The standard InChI is InChI=1S/C18H18N4O4/c1-2-11-26-17(24)13-6-8-14(9-7-13)19-16(23)12-22-18(25)21-10-4-3-5-15(21)20-22/h3-10H,2,11-12H2,1H3,(H,19,23). The minimum absolute atomic E-state index is 0.208. The van der Waals surface area contributed by atoms with Gasteiger partial charge in [-0.25, -0.2) is 14.3 Å². The van der Waals surface area contributed by atoms with Crippen LogP contribution in [-0.2, 0) is 16.1 Å². The van der Waals surface area contributed by atoms with Crippen LogP contribution in [0.15, 0.2) is 53.5 Å². The van der Waals surface area contributed by atoms with Gasteiger partial charge in [0.05, 0.1) is 12.2 Å². The van der Waals surface area contributed by atoms with Gasteiger partial charge in [-0.15, -0.1) is 5.10 Å². The SMILES string of the molecule is CCCOC(=O)c1ccc(NC(=O)Cn2nc3ccccn3c2=O)cc1. The van der Waals surface area contributed by atoms with E-state index >= 15 is 0 Å². The quantitative estimate of drug-likeness (QED) is 0.680. The number of benzene rings is 1. The maximum absolute atomic E-state index is 12.2. The molecule has 0 radical (unpaired) electrons. The fourth-order valence-electron chi connectivity index (χ4n) is 2.38. The molecule has 0 aliphatic heterocycles. The minimum Gasteiger partial charge on any atom is -0.462 e. The van der Waals surface area contributed by atoms with Crippen LogP contribution in [0, 0.1) is 0 Å². The van der Waals surface area contributed by atoms with E-state index in [1.807, 2.05) is 6.92 Å². The normalized spacial score (nSPS) is 10.7. The lowest BCUT2D eigenvalue weighted by Crippen LogP contribution is -2.28. The van der Waals surface area contributed by atoms with Crippen LogP contribution in [0.4, 0.5) is 5.69 Å². The predicted octanol–water partition coefficient (Wildman–Crippen LogP) is 1.70. The first kappa shape index (κ1) is 17.4. The summed E-state index contributed by atoms with van der Waals surface area (Å²) < 4.78 is 7.51. The van der Waals surface area contributed by atoms with Crippen LogP contribution in [0.5, 0.6) is 0 Å². The number of nitrogens with zero attached hydrogens (tertiary/aromatic N) is 3. The topological polar surface area (TPSA) is 94.7 Å². The molecule has 0 bridgehead atoms. The van der Waals surface area contributed by atoms with Crippen LogP contribution in [0.2, 0.25) is 0 Å². The number of hydrogen-bond acceptors (Lipinski definition) is 5. The van der Waals surface area contributed by atoms with Gasteiger partial charge < -0.3 is 10.1 Å². The lowest BCUT2D eigenvalue weighted by Gasteiger charge is -2.06. The summed E-state index contributed by atoms with van der Waals surface area (Å²) in [6.45, 7) is 2.08. The molecule has 0 aliphatic rings. The third-order valence-electron chi connectivity index (χ3n) is 3.62. The highest BCUT2D eigenvalue weighted by Crippen LogP contribution is 2.11. The van der Waals surface area contributed by atoms with Gasteiger partial charge in [0.2, 0.25) is 5.91 Å². The number of fused-ring (bicyclic) bond motifs is 1. The van der Waals surface area contributed by atoms with Crippen LogP contribution in [0.1, 0.15) is 23.7 Å². The molecular weight excluding hydrogens is 336 g/mol. The van der Waals surface area contributed by atoms with E-state index in [9.17, 15) is 14.4 Å². The highest BCUT2D eigenvalue weighted by molar-refractivity contribution is 5.92. The Morgan fingerprint density at radius 2 is 1.92 bits per heavy atom. The molecule has 0 fully saturated rings. The molecule has 26 heavy (non-hydrogen) atoms. The van der Waals surface area contributed by atoms with Crippen molar-refractivity contribution in [1.82, 2.24) is 14.2 Å². The first-order valence-corrected chi connectivity index (χ1v) is 8.19. The third-order valence-corrected chi connectivity index (χ3v) is 3.62. The Kier molecular flexibility index (Phi) is 5.12. The Labute approximate surface area is 149 Å². The average molecular weight is 354 g/mol. The first-order valence-electron chi connectivity index (χ1n) is 8.19. The average Bonchev–Trinajstić information content (AvgIpc) is 2.96. The fraction of sp³-hybridized carbons (Fsp3) is 0.222. The van der Waals surface area contributed by atoms with Gasteiger partial charge in [-0.3, -0.25) is 9.20 Å². The van der Waals surface area contributed by atoms with Gasteiger partial charge in [-0.2, -0.15) is 0 Å². The maximum Gasteiger partial charge on any atom is 0.350 e. The molecule has 2 aromatic heterocycles. The number of rotatable bonds is 6. The van der Waals surface area contributed by atoms with Crippen molar-refractivity contribution in [1.29, 1.82) is 0 Å². The van der Waals surface area contributed by atoms with Gasteiger partial charge in [-0.1, -0.05) is 13.0 Å². The Morgan fingerprint density at radius 3 is 2.62 bits per heavy atom. The van der Waals surface area contributed by atoms with Crippen LogP contribution in [0.3, 0.4) is 0 Å². The largest absolute Gasteiger partial charge is 0.462 e. The van der Waals surface area contributed by atoms with Crippen molar-refractivity contribution in [2.75, 3.05) is 11.9 Å². The summed E-state index contributed by atoms with van der Waals surface area (Å²) in [5.41, 5.74) is 1.01. The molecule has 0 saturated heterocycles. The minimum atomic E-state index is -0.402. The van der Waals surface area contributed by atoms with Crippen LogP contribution < -0.4 is 11.0 Å².